The summed E-state index contributed by atoms with van der Waals surface area (Å²) in [6.45, 7) is 1.18. The molecular weight excluding hydrogens is 262 g/mol. The topological polar surface area (TPSA) is 71.2 Å². The Hall–Kier alpha value is -1.81. The van der Waals surface area contributed by atoms with Gasteiger partial charge in [-0.2, -0.15) is 0 Å². The monoisotopic (exact) mass is 285 g/mol. The Morgan fingerprint density at radius 1 is 1.19 bits per heavy atom. The van der Waals surface area contributed by atoms with E-state index in [1.54, 1.807) is 6.20 Å². The zero-order valence-electron chi connectivity index (χ0n) is 12.3. The van der Waals surface area contributed by atoms with Crippen molar-refractivity contribution in [2.24, 2.45) is 11.8 Å². The summed E-state index contributed by atoms with van der Waals surface area (Å²) in [5, 5.41) is 15.1. The molecule has 2 aromatic rings. The molecule has 3 rings (SSSR count). The quantitative estimate of drug-likeness (QED) is 0.755. The predicted molar refractivity (Wildman–Crippen MR) is 87.2 cm³/mol. The zero-order valence-corrected chi connectivity index (χ0v) is 12.3. The molecule has 0 spiro atoms. The number of hydrogen-bond donors (Lipinski definition) is 3. The molecule has 1 aliphatic rings. The van der Waals surface area contributed by atoms with E-state index in [1.807, 2.05) is 24.4 Å². The maximum Gasteiger partial charge on any atom is 0.0630 e. The number of aromatic nitrogens is 1. The number of benzene rings is 1. The second-order valence-electron chi connectivity index (χ2n) is 5.99. The number of aliphatic hydroxyl groups is 1. The fourth-order valence-electron chi connectivity index (χ4n) is 3.38. The molecule has 4 N–H and O–H groups in total. The normalized spacial score (nSPS) is 22.3. The van der Waals surface area contributed by atoms with Crippen LogP contribution in [0.4, 0.5) is 11.4 Å². The first kappa shape index (κ1) is 14.1. The average molecular weight is 285 g/mol. The molecule has 1 saturated carbocycles. The molecule has 1 aromatic heterocycles. The fourth-order valence-corrected chi connectivity index (χ4v) is 3.38. The smallest absolute Gasteiger partial charge is 0.0630 e. The van der Waals surface area contributed by atoms with Gasteiger partial charge >= 0.3 is 0 Å². The SMILES string of the molecule is Nc1c(NCC2CCCCC2CO)ccc2cnccc12. The van der Waals surface area contributed by atoms with Crippen molar-refractivity contribution in [2.45, 2.75) is 25.7 Å². The van der Waals surface area contributed by atoms with E-state index in [4.69, 9.17) is 5.73 Å². The van der Waals surface area contributed by atoms with Crippen LogP contribution in [-0.2, 0) is 0 Å². The lowest BCUT2D eigenvalue weighted by Crippen LogP contribution is -2.28. The number of pyridine rings is 1. The van der Waals surface area contributed by atoms with Crippen LogP contribution in [0.25, 0.3) is 10.8 Å². The van der Waals surface area contributed by atoms with Gasteiger partial charge in [-0.3, -0.25) is 4.98 Å². The van der Waals surface area contributed by atoms with Crippen LogP contribution in [0.3, 0.4) is 0 Å². The van der Waals surface area contributed by atoms with E-state index in [-0.39, 0.29) is 0 Å². The Bertz CT molecular complexity index is 614. The molecule has 1 fully saturated rings. The van der Waals surface area contributed by atoms with Gasteiger partial charge in [0.2, 0.25) is 0 Å². The Labute approximate surface area is 125 Å². The number of fused-ring (bicyclic) bond motifs is 1. The summed E-state index contributed by atoms with van der Waals surface area (Å²) in [4.78, 5) is 4.12. The van der Waals surface area contributed by atoms with E-state index in [2.05, 4.69) is 10.3 Å². The molecule has 2 atom stereocenters. The standard InChI is InChI=1S/C17H23N3O/c18-17-15-7-8-19-9-13(15)5-6-16(17)20-10-12-3-1-2-4-14(12)11-21/h5-9,12,14,20-21H,1-4,10-11,18H2. The van der Waals surface area contributed by atoms with Gasteiger partial charge in [0.25, 0.3) is 0 Å². The van der Waals surface area contributed by atoms with Crippen LogP contribution in [0, 0.1) is 11.8 Å². The van der Waals surface area contributed by atoms with Gasteiger partial charge in [-0.25, -0.2) is 0 Å². The van der Waals surface area contributed by atoms with E-state index in [9.17, 15) is 5.11 Å². The summed E-state index contributed by atoms with van der Waals surface area (Å²) in [5.41, 5.74) is 8.03. The van der Waals surface area contributed by atoms with Crippen LogP contribution in [0.15, 0.2) is 30.6 Å². The summed E-state index contributed by atoms with van der Waals surface area (Å²) in [6, 6.07) is 6.02. The molecule has 1 aliphatic carbocycles. The summed E-state index contributed by atoms with van der Waals surface area (Å²) in [5.74, 6) is 0.966. The average Bonchev–Trinajstić information content (AvgIpc) is 2.55. The van der Waals surface area contributed by atoms with E-state index in [0.717, 1.165) is 35.1 Å². The van der Waals surface area contributed by atoms with Crippen LogP contribution in [0.1, 0.15) is 25.7 Å². The number of hydrogen-bond acceptors (Lipinski definition) is 4. The Kier molecular flexibility index (Phi) is 4.25. The van der Waals surface area contributed by atoms with Gasteiger partial charge in [-0.05, 0) is 36.8 Å². The summed E-state index contributed by atoms with van der Waals surface area (Å²) in [6.07, 6.45) is 8.44. The highest BCUT2D eigenvalue weighted by molar-refractivity contribution is 5.98. The van der Waals surface area contributed by atoms with Gasteiger partial charge in [-0.15, -0.1) is 0 Å². The number of rotatable bonds is 4. The molecule has 1 aromatic carbocycles. The van der Waals surface area contributed by atoms with E-state index in [1.165, 1.54) is 19.3 Å². The lowest BCUT2D eigenvalue weighted by Gasteiger charge is -2.30. The van der Waals surface area contributed by atoms with Crippen molar-refractivity contribution in [3.05, 3.63) is 30.6 Å². The van der Waals surface area contributed by atoms with Gasteiger partial charge in [0, 0.05) is 36.3 Å². The van der Waals surface area contributed by atoms with Crippen molar-refractivity contribution in [3.63, 3.8) is 0 Å². The van der Waals surface area contributed by atoms with Crippen molar-refractivity contribution < 1.29 is 5.11 Å². The first-order chi connectivity index (χ1) is 10.3. The van der Waals surface area contributed by atoms with Gasteiger partial charge in [0.15, 0.2) is 0 Å². The predicted octanol–water partition coefficient (Wildman–Crippen LogP) is 3.03. The molecule has 4 heteroatoms. The van der Waals surface area contributed by atoms with Gasteiger partial charge < -0.3 is 16.2 Å². The largest absolute Gasteiger partial charge is 0.397 e. The molecule has 0 radical (unpaired) electrons. The summed E-state index contributed by atoms with van der Waals surface area (Å²) < 4.78 is 0. The lowest BCUT2D eigenvalue weighted by atomic mass is 9.79. The number of nitrogen functional groups attached to an aromatic ring is 1. The van der Waals surface area contributed by atoms with E-state index in [0.29, 0.717) is 18.4 Å². The Balaban J connectivity index is 1.74. The second kappa shape index (κ2) is 6.31. The third-order valence-corrected chi connectivity index (χ3v) is 4.72. The van der Waals surface area contributed by atoms with Gasteiger partial charge in [0.05, 0.1) is 11.4 Å². The van der Waals surface area contributed by atoms with Crippen LogP contribution in [0.2, 0.25) is 0 Å². The molecule has 0 saturated heterocycles. The minimum Gasteiger partial charge on any atom is -0.397 e. The first-order valence-electron chi connectivity index (χ1n) is 7.76. The maximum absolute atomic E-state index is 9.50. The van der Waals surface area contributed by atoms with Crippen molar-refractivity contribution in [3.8, 4) is 0 Å². The highest BCUT2D eigenvalue weighted by atomic mass is 16.3. The van der Waals surface area contributed by atoms with Crippen molar-refractivity contribution in [1.29, 1.82) is 0 Å². The Morgan fingerprint density at radius 2 is 2.00 bits per heavy atom. The summed E-state index contributed by atoms with van der Waals surface area (Å²) >= 11 is 0. The maximum atomic E-state index is 9.50. The number of nitrogens with two attached hydrogens (primary N) is 1. The lowest BCUT2D eigenvalue weighted by molar-refractivity contribution is 0.141. The summed E-state index contributed by atoms with van der Waals surface area (Å²) in [7, 11) is 0. The number of nitrogens with zero attached hydrogens (tertiary/aromatic N) is 1. The molecule has 2 unspecified atom stereocenters. The highest BCUT2D eigenvalue weighted by Gasteiger charge is 2.24. The van der Waals surface area contributed by atoms with Crippen molar-refractivity contribution >= 4 is 22.1 Å². The third-order valence-electron chi connectivity index (χ3n) is 4.72. The molecule has 21 heavy (non-hydrogen) atoms. The van der Waals surface area contributed by atoms with Crippen LogP contribution >= 0.6 is 0 Å². The van der Waals surface area contributed by atoms with Gasteiger partial charge in [-0.1, -0.05) is 18.9 Å². The highest BCUT2D eigenvalue weighted by Crippen LogP contribution is 2.32. The number of anilines is 2. The van der Waals surface area contributed by atoms with Gasteiger partial charge in [0.1, 0.15) is 0 Å². The molecule has 1 heterocycles. The molecule has 4 nitrogen and oxygen atoms in total. The number of aliphatic hydroxyl groups excluding tert-OH is 1. The first-order valence-corrected chi connectivity index (χ1v) is 7.76. The van der Waals surface area contributed by atoms with E-state index >= 15 is 0 Å². The number of nitrogens with one attached hydrogen (secondary N) is 1. The van der Waals surface area contributed by atoms with Crippen LogP contribution < -0.4 is 11.1 Å². The fraction of sp³-hybridized carbons (Fsp3) is 0.471. The molecule has 0 bridgehead atoms. The zero-order chi connectivity index (χ0) is 14.7. The third kappa shape index (κ3) is 2.95. The van der Waals surface area contributed by atoms with Crippen LogP contribution in [0.5, 0.6) is 0 Å². The molecule has 0 amide bonds. The Morgan fingerprint density at radius 3 is 2.81 bits per heavy atom. The second-order valence-corrected chi connectivity index (χ2v) is 5.99. The minimum absolute atomic E-state index is 0.297. The molecule has 112 valence electrons. The van der Waals surface area contributed by atoms with E-state index < -0.39 is 0 Å². The minimum atomic E-state index is 0.297. The van der Waals surface area contributed by atoms with Crippen molar-refractivity contribution in [2.75, 3.05) is 24.2 Å². The molecule has 0 aliphatic heterocycles. The van der Waals surface area contributed by atoms with Crippen molar-refractivity contribution in [1.82, 2.24) is 4.98 Å². The molecular formula is C17H23N3O. The van der Waals surface area contributed by atoms with Crippen LogP contribution in [-0.4, -0.2) is 23.2 Å².